The number of aromatic nitrogens is 1. The van der Waals surface area contributed by atoms with Gasteiger partial charge in [-0.3, -0.25) is 0 Å². The Labute approximate surface area is 102 Å². The Balaban J connectivity index is 2.77. The van der Waals surface area contributed by atoms with Crippen LogP contribution in [0.1, 0.15) is 0 Å². The molecule has 1 aromatic heterocycles. The average Bonchev–Trinajstić information content (AvgIpc) is 2.74. The quantitative estimate of drug-likeness (QED) is 0.919. The van der Waals surface area contributed by atoms with Crippen LogP contribution in [0.2, 0.25) is 5.02 Å². The van der Waals surface area contributed by atoms with Gasteiger partial charge in [0.05, 0.1) is 18.9 Å². The van der Waals surface area contributed by atoms with E-state index in [-0.39, 0.29) is 0 Å². The summed E-state index contributed by atoms with van der Waals surface area (Å²) in [6, 6.07) is 1.74. The number of thiazole rings is 1. The maximum Gasteiger partial charge on any atom is 0.183 e. The molecule has 6 heteroatoms. The molecule has 1 heterocycles. The zero-order valence-corrected chi connectivity index (χ0v) is 10.7. The fourth-order valence-electron chi connectivity index (χ4n) is 1.41. The van der Waals surface area contributed by atoms with Crippen molar-refractivity contribution in [2.24, 2.45) is 0 Å². The fraction of sp³-hybridized carbons (Fsp3) is 0.300. The summed E-state index contributed by atoms with van der Waals surface area (Å²) in [4.78, 5) is 4.38. The first-order valence-corrected chi connectivity index (χ1v) is 5.79. The topological polar surface area (TPSA) is 43.4 Å². The second kappa shape index (κ2) is 4.35. The Hall–Kier alpha value is -1.20. The molecule has 0 amide bonds. The molecule has 0 unspecified atom stereocenters. The Morgan fingerprint density at radius 2 is 2.00 bits per heavy atom. The number of halogens is 1. The van der Waals surface area contributed by atoms with Crippen LogP contribution in [-0.4, -0.2) is 26.3 Å². The minimum Gasteiger partial charge on any atom is -0.495 e. The van der Waals surface area contributed by atoms with E-state index >= 15 is 0 Å². The standard InChI is InChI=1S/C10H11ClN2O2S/c1-12-10-13-8-6(15-3)4-5(14-2)7(11)9(8)16-10/h4H,1-3H3,(H,12,13). The molecule has 0 spiro atoms. The van der Waals surface area contributed by atoms with Crippen LogP contribution in [0.5, 0.6) is 11.5 Å². The van der Waals surface area contributed by atoms with Crippen LogP contribution in [0.4, 0.5) is 5.13 Å². The molecule has 0 fully saturated rings. The molecule has 2 rings (SSSR count). The van der Waals surface area contributed by atoms with Gasteiger partial charge >= 0.3 is 0 Å². The van der Waals surface area contributed by atoms with Gasteiger partial charge in [-0.1, -0.05) is 22.9 Å². The first kappa shape index (κ1) is 11.3. The van der Waals surface area contributed by atoms with Crippen molar-refractivity contribution in [2.45, 2.75) is 0 Å². The summed E-state index contributed by atoms with van der Waals surface area (Å²) in [6.45, 7) is 0. The molecule has 1 aromatic carbocycles. The van der Waals surface area contributed by atoms with E-state index in [0.29, 0.717) is 16.5 Å². The molecule has 0 bridgehead atoms. The Kier molecular flexibility index (Phi) is 3.07. The van der Waals surface area contributed by atoms with Crippen molar-refractivity contribution in [3.8, 4) is 11.5 Å². The van der Waals surface area contributed by atoms with Crippen molar-refractivity contribution in [3.05, 3.63) is 11.1 Å². The van der Waals surface area contributed by atoms with E-state index in [1.165, 1.54) is 11.3 Å². The summed E-state index contributed by atoms with van der Waals surface area (Å²) >= 11 is 7.67. The van der Waals surface area contributed by atoms with Crippen LogP contribution < -0.4 is 14.8 Å². The monoisotopic (exact) mass is 258 g/mol. The molecular weight excluding hydrogens is 248 g/mol. The second-order valence-corrected chi connectivity index (χ2v) is 4.42. The molecule has 86 valence electrons. The number of methoxy groups -OCH3 is 2. The number of rotatable bonds is 3. The highest BCUT2D eigenvalue weighted by molar-refractivity contribution is 7.22. The predicted octanol–water partition coefficient (Wildman–Crippen LogP) is 3.01. The van der Waals surface area contributed by atoms with Crippen molar-refractivity contribution in [1.29, 1.82) is 0 Å². The zero-order valence-electron chi connectivity index (χ0n) is 9.13. The number of ether oxygens (including phenoxy) is 2. The third kappa shape index (κ3) is 1.66. The lowest BCUT2D eigenvalue weighted by Gasteiger charge is -2.06. The second-order valence-electron chi connectivity index (χ2n) is 3.04. The average molecular weight is 259 g/mol. The largest absolute Gasteiger partial charge is 0.495 e. The van der Waals surface area contributed by atoms with E-state index in [0.717, 1.165) is 15.3 Å². The lowest BCUT2D eigenvalue weighted by Crippen LogP contribution is -1.90. The van der Waals surface area contributed by atoms with Crippen LogP contribution in [0.25, 0.3) is 10.2 Å². The molecule has 0 atom stereocenters. The van der Waals surface area contributed by atoms with Crippen LogP contribution in [0.3, 0.4) is 0 Å². The maximum atomic E-state index is 6.20. The number of hydrogen-bond acceptors (Lipinski definition) is 5. The van der Waals surface area contributed by atoms with Gasteiger partial charge in [-0.15, -0.1) is 0 Å². The van der Waals surface area contributed by atoms with Gasteiger partial charge < -0.3 is 14.8 Å². The lowest BCUT2D eigenvalue weighted by molar-refractivity contribution is 0.398. The SMILES string of the molecule is CNc1nc2c(OC)cc(OC)c(Cl)c2s1. The van der Waals surface area contributed by atoms with E-state index in [1.807, 2.05) is 7.05 Å². The highest BCUT2D eigenvalue weighted by atomic mass is 35.5. The van der Waals surface area contributed by atoms with Gasteiger partial charge in [-0.05, 0) is 0 Å². The number of anilines is 1. The highest BCUT2D eigenvalue weighted by Crippen LogP contribution is 2.42. The van der Waals surface area contributed by atoms with Crippen LogP contribution in [-0.2, 0) is 0 Å². The van der Waals surface area contributed by atoms with E-state index in [2.05, 4.69) is 10.3 Å². The van der Waals surface area contributed by atoms with Gasteiger partial charge in [0.1, 0.15) is 22.0 Å². The van der Waals surface area contributed by atoms with Crippen LogP contribution >= 0.6 is 22.9 Å². The molecule has 1 N–H and O–H groups in total. The number of fused-ring (bicyclic) bond motifs is 1. The van der Waals surface area contributed by atoms with Gasteiger partial charge in [-0.25, -0.2) is 4.98 Å². The van der Waals surface area contributed by atoms with Gasteiger partial charge in [0.25, 0.3) is 0 Å². The van der Waals surface area contributed by atoms with Crippen molar-refractivity contribution in [1.82, 2.24) is 4.98 Å². The molecule has 16 heavy (non-hydrogen) atoms. The molecule has 0 aliphatic heterocycles. The van der Waals surface area contributed by atoms with Gasteiger partial charge in [-0.2, -0.15) is 0 Å². The summed E-state index contributed by atoms with van der Waals surface area (Å²) in [5.74, 6) is 1.26. The molecule has 4 nitrogen and oxygen atoms in total. The van der Waals surface area contributed by atoms with Crippen LogP contribution in [0, 0.1) is 0 Å². The summed E-state index contributed by atoms with van der Waals surface area (Å²) in [6.07, 6.45) is 0. The van der Waals surface area contributed by atoms with E-state index in [9.17, 15) is 0 Å². The van der Waals surface area contributed by atoms with Crippen molar-refractivity contribution < 1.29 is 9.47 Å². The lowest BCUT2D eigenvalue weighted by atomic mass is 10.3. The summed E-state index contributed by atoms with van der Waals surface area (Å²) in [5.41, 5.74) is 0.752. The number of nitrogens with zero attached hydrogens (tertiary/aromatic N) is 1. The van der Waals surface area contributed by atoms with Crippen molar-refractivity contribution >= 4 is 38.3 Å². The summed E-state index contributed by atoms with van der Waals surface area (Å²) < 4.78 is 11.3. The normalized spacial score (nSPS) is 10.5. The molecule has 0 aliphatic carbocycles. The molecule has 0 aliphatic rings. The predicted molar refractivity (Wildman–Crippen MR) is 67.3 cm³/mol. The molecular formula is C10H11ClN2O2S. The Morgan fingerprint density at radius 1 is 1.31 bits per heavy atom. The van der Waals surface area contributed by atoms with Crippen LogP contribution in [0.15, 0.2) is 6.07 Å². The molecule has 0 saturated carbocycles. The maximum absolute atomic E-state index is 6.20. The Bertz CT molecular complexity index is 527. The smallest absolute Gasteiger partial charge is 0.183 e. The zero-order chi connectivity index (χ0) is 11.7. The van der Waals surface area contributed by atoms with Gasteiger partial charge in [0.2, 0.25) is 0 Å². The molecule has 0 radical (unpaired) electrons. The third-order valence-electron chi connectivity index (χ3n) is 2.19. The van der Waals surface area contributed by atoms with Gasteiger partial charge in [0, 0.05) is 13.1 Å². The summed E-state index contributed by atoms with van der Waals surface area (Å²) in [7, 11) is 4.99. The minimum absolute atomic E-state index is 0.567. The molecule has 0 saturated heterocycles. The number of benzene rings is 1. The third-order valence-corrected chi connectivity index (χ3v) is 3.77. The van der Waals surface area contributed by atoms with Crippen molar-refractivity contribution in [3.63, 3.8) is 0 Å². The van der Waals surface area contributed by atoms with E-state index in [1.54, 1.807) is 20.3 Å². The Morgan fingerprint density at radius 3 is 2.56 bits per heavy atom. The minimum atomic E-state index is 0.567. The first-order valence-electron chi connectivity index (χ1n) is 4.60. The van der Waals surface area contributed by atoms with E-state index < -0.39 is 0 Å². The number of nitrogens with one attached hydrogen (secondary N) is 1. The van der Waals surface area contributed by atoms with E-state index in [4.69, 9.17) is 21.1 Å². The number of hydrogen-bond donors (Lipinski definition) is 1. The highest BCUT2D eigenvalue weighted by Gasteiger charge is 2.16. The molecule has 2 aromatic rings. The van der Waals surface area contributed by atoms with Crippen molar-refractivity contribution in [2.75, 3.05) is 26.6 Å². The first-order chi connectivity index (χ1) is 7.71. The summed E-state index contributed by atoms with van der Waals surface area (Å²) in [5, 5.41) is 4.35. The van der Waals surface area contributed by atoms with Gasteiger partial charge in [0.15, 0.2) is 5.13 Å². The fourth-order valence-corrected chi connectivity index (χ4v) is 2.61.